The molecule has 0 amide bonds. The minimum Gasteiger partial charge on any atom is -0.493 e. The molecule has 0 bridgehead atoms. The van der Waals surface area contributed by atoms with E-state index in [0.717, 1.165) is 25.3 Å². The van der Waals surface area contributed by atoms with Crippen molar-refractivity contribution >= 4 is 28.8 Å². The third kappa shape index (κ3) is 5.92. The van der Waals surface area contributed by atoms with E-state index in [9.17, 15) is 9.59 Å². The minimum atomic E-state index is -1.71. The molecular weight excluding hydrogens is 576 g/mol. The van der Waals surface area contributed by atoms with E-state index in [2.05, 4.69) is 26.5 Å². The van der Waals surface area contributed by atoms with Crippen molar-refractivity contribution in [2.45, 2.75) is 44.6 Å². The van der Waals surface area contributed by atoms with Crippen LogP contribution in [0.3, 0.4) is 0 Å². The number of benzene rings is 2. The van der Waals surface area contributed by atoms with Gasteiger partial charge < -0.3 is 35.4 Å². The van der Waals surface area contributed by atoms with Crippen LogP contribution in [-0.4, -0.2) is 40.0 Å². The molecule has 1 saturated carbocycles. The molecule has 5 N–H and O–H groups in total. The molecule has 228 valence electrons. The average Bonchev–Trinajstić information content (AvgIpc) is 3.00. The Morgan fingerprint density at radius 2 is 1.84 bits per heavy atom. The van der Waals surface area contributed by atoms with E-state index in [-0.39, 0.29) is 46.4 Å². The molecule has 1 aliphatic carbocycles. The van der Waals surface area contributed by atoms with Gasteiger partial charge in [0, 0.05) is 24.2 Å². The lowest BCUT2D eigenvalue weighted by atomic mass is 9.94. The standard InChI is InChI=1S/C31H29F2N5O6/c1-42-23-12-16(11-18-14-36-30(35)37-29(18)34)10-17(28(23)43-2)8-9-20-22(32)13-21-26(25(20)33)38(19-6-4-3-5-7-19)15-24(27(21)39)44-31(40)41/h10,12-15,19H,3-7,11H2,1-2H3,(H,40,41)(H4,34,35,36,37). The lowest BCUT2D eigenvalue weighted by Gasteiger charge is -2.27. The van der Waals surface area contributed by atoms with Crippen molar-refractivity contribution in [3.63, 3.8) is 0 Å². The molecule has 0 atom stereocenters. The Labute approximate surface area is 250 Å². The summed E-state index contributed by atoms with van der Waals surface area (Å²) < 4.78 is 48.8. The Bertz CT molecular complexity index is 1890. The molecule has 2 aromatic heterocycles. The highest BCUT2D eigenvalue weighted by Crippen LogP contribution is 2.35. The van der Waals surface area contributed by atoms with Gasteiger partial charge in [0.25, 0.3) is 0 Å². The summed E-state index contributed by atoms with van der Waals surface area (Å²) in [4.78, 5) is 32.2. The fourth-order valence-corrected chi connectivity index (χ4v) is 5.48. The predicted molar refractivity (Wildman–Crippen MR) is 158 cm³/mol. The van der Waals surface area contributed by atoms with Gasteiger partial charge in [-0.1, -0.05) is 31.1 Å². The van der Waals surface area contributed by atoms with E-state index in [1.807, 2.05) is 0 Å². The van der Waals surface area contributed by atoms with Gasteiger partial charge >= 0.3 is 6.16 Å². The number of carboxylic acid groups (broad SMARTS) is 1. The SMILES string of the molecule is COc1cc(Cc2cnc(N)nc2N)cc(C#Cc2c(F)cc3c(=O)c(OC(=O)O)cn(C4CCCCC4)c3c2F)c1OC. The Morgan fingerprint density at radius 3 is 2.50 bits per heavy atom. The average molecular weight is 606 g/mol. The van der Waals surface area contributed by atoms with Gasteiger partial charge in [-0.15, -0.1) is 0 Å². The number of anilines is 2. The normalized spacial score (nSPS) is 13.3. The molecule has 0 saturated heterocycles. The molecule has 0 unspecified atom stereocenters. The molecule has 0 aliphatic heterocycles. The quantitative estimate of drug-likeness (QED) is 0.205. The lowest BCUT2D eigenvalue weighted by molar-refractivity contribution is 0.143. The van der Waals surface area contributed by atoms with Crippen LogP contribution in [0, 0.1) is 23.5 Å². The van der Waals surface area contributed by atoms with Gasteiger partial charge in [-0.25, -0.2) is 18.6 Å². The summed E-state index contributed by atoms with van der Waals surface area (Å²) in [5, 5.41) is 8.78. The molecule has 2 heterocycles. The van der Waals surface area contributed by atoms with Crippen molar-refractivity contribution in [2.75, 3.05) is 25.7 Å². The second kappa shape index (κ2) is 12.5. The first-order valence-corrected chi connectivity index (χ1v) is 13.7. The number of nitrogens with two attached hydrogens (primary N) is 2. The number of pyridine rings is 1. The highest BCUT2D eigenvalue weighted by atomic mass is 19.1. The number of rotatable bonds is 6. The van der Waals surface area contributed by atoms with Crippen LogP contribution >= 0.6 is 0 Å². The molecule has 0 radical (unpaired) electrons. The number of halogens is 2. The van der Waals surface area contributed by atoms with Crippen molar-refractivity contribution in [1.29, 1.82) is 0 Å². The Kier molecular flexibility index (Phi) is 8.52. The van der Waals surface area contributed by atoms with Gasteiger partial charge in [0.15, 0.2) is 23.1 Å². The monoisotopic (exact) mass is 605 g/mol. The topological polar surface area (TPSA) is 165 Å². The van der Waals surface area contributed by atoms with Gasteiger partial charge in [0.1, 0.15) is 11.6 Å². The van der Waals surface area contributed by atoms with Crippen LogP contribution in [0.15, 0.2) is 35.4 Å². The first-order chi connectivity index (χ1) is 21.1. The molecule has 4 aromatic rings. The van der Waals surface area contributed by atoms with Crippen LogP contribution in [0.25, 0.3) is 10.9 Å². The summed E-state index contributed by atoms with van der Waals surface area (Å²) in [6.45, 7) is 0. The van der Waals surface area contributed by atoms with Crippen molar-refractivity contribution < 1.29 is 32.9 Å². The highest BCUT2D eigenvalue weighted by Gasteiger charge is 2.25. The number of ether oxygens (including phenoxy) is 3. The van der Waals surface area contributed by atoms with Gasteiger partial charge in [-0.05, 0) is 36.6 Å². The van der Waals surface area contributed by atoms with Crippen LogP contribution in [0.2, 0.25) is 0 Å². The Balaban J connectivity index is 1.66. The minimum absolute atomic E-state index is 0.0316. The molecule has 1 aliphatic rings. The van der Waals surface area contributed by atoms with E-state index < -0.39 is 34.5 Å². The number of nitrogen functional groups attached to an aromatic ring is 2. The second-order valence-corrected chi connectivity index (χ2v) is 10.3. The summed E-state index contributed by atoms with van der Waals surface area (Å²) in [5.41, 5.74) is 11.4. The molecule has 11 nitrogen and oxygen atoms in total. The fourth-order valence-electron chi connectivity index (χ4n) is 5.48. The van der Waals surface area contributed by atoms with E-state index in [4.69, 9.17) is 26.0 Å². The van der Waals surface area contributed by atoms with Crippen LogP contribution in [-0.2, 0) is 6.42 Å². The van der Waals surface area contributed by atoms with Crippen LogP contribution < -0.4 is 31.1 Å². The summed E-state index contributed by atoms with van der Waals surface area (Å²) in [5.74, 6) is 3.48. The molecule has 2 aromatic carbocycles. The third-order valence-corrected chi connectivity index (χ3v) is 7.51. The maximum atomic E-state index is 16.2. The molecular formula is C31H29F2N5O6. The second-order valence-electron chi connectivity index (χ2n) is 10.3. The van der Waals surface area contributed by atoms with Crippen molar-refractivity contribution in [3.05, 3.63) is 74.7 Å². The molecule has 0 spiro atoms. The number of methoxy groups -OCH3 is 2. The number of hydrogen-bond donors (Lipinski definition) is 3. The van der Waals surface area contributed by atoms with E-state index in [1.165, 1.54) is 31.2 Å². The third-order valence-electron chi connectivity index (χ3n) is 7.51. The zero-order valence-electron chi connectivity index (χ0n) is 23.9. The number of fused-ring (bicyclic) bond motifs is 1. The Morgan fingerprint density at radius 1 is 1.09 bits per heavy atom. The van der Waals surface area contributed by atoms with E-state index >= 15 is 8.78 Å². The number of aromatic nitrogens is 3. The van der Waals surface area contributed by atoms with Crippen LogP contribution in [0.5, 0.6) is 17.2 Å². The van der Waals surface area contributed by atoms with Crippen molar-refractivity contribution in [2.24, 2.45) is 0 Å². The molecule has 13 heteroatoms. The van der Waals surface area contributed by atoms with E-state index in [0.29, 0.717) is 29.7 Å². The van der Waals surface area contributed by atoms with E-state index in [1.54, 1.807) is 12.1 Å². The maximum absolute atomic E-state index is 16.2. The van der Waals surface area contributed by atoms with Crippen molar-refractivity contribution in [3.8, 4) is 29.1 Å². The highest BCUT2D eigenvalue weighted by molar-refractivity contribution is 5.83. The number of carbonyl (C=O) groups is 1. The Hall–Kier alpha value is -5.38. The summed E-state index contributed by atoms with van der Waals surface area (Å²) in [6.07, 6.45) is 5.26. The van der Waals surface area contributed by atoms with Crippen LogP contribution in [0.1, 0.15) is 60.4 Å². The maximum Gasteiger partial charge on any atom is 0.511 e. The first-order valence-electron chi connectivity index (χ1n) is 13.7. The zero-order chi connectivity index (χ0) is 31.5. The van der Waals surface area contributed by atoms with Gasteiger partial charge in [0.05, 0.1) is 42.4 Å². The van der Waals surface area contributed by atoms with Gasteiger partial charge in [0.2, 0.25) is 11.4 Å². The first kappa shape index (κ1) is 30.1. The zero-order valence-corrected chi connectivity index (χ0v) is 23.9. The predicted octanol–water partition coefficient (Wildman–Crippen LogP) is 4.80. The smallest absolute Gasteiger partial charge is 0.493 e. The molecule has 1 fully saturated rings. The van der Waals surface area contributed by atoms with Gasteiger partial charge in [-0.3, -0.25) is 4.79 Å². The summed E-state index contributed by atoms with van der Waals surface area (Å²) in [7, 11) is 2.85. The molecule has 5 rings (SSSR count). The summed E-state index contributed by atoms with van der Waals surface area (Å²) >= 11 is 0. The fraction of sp³-hybridized carbons (Fsp3) is 0.290. The number of hydrogen-bond acceptors (Lipinski definition) is 9. The summed E-state index contributed by atoms with van der Waals surface area (Å²) in [6, 6.07) is 3.97. The number of nitrogens with zero attached hydrogens (tertiary/aromatic N) is 3. The van der Waals surface area contributed by atoms with Gasteiger partial charge in [-0.2, -0.15) is 4.98 Å². The van der Waals surface area contributed by atoms with Crippen LogP contribution in [0.4, 0.5) is 25.3 Å². The molecule has 44 heavy (non-hydrogen) atoms. The van der Waals surface area contributed by atoms with Crippen molar-refractivity contribution in [1.82, 2.24) is 14.5 Å². The largest absolute Gasteiger partial charge is 0.511 e. The lowest BCUT2D eigenvalue weighted by Crippen LogP contribution is -2.21.